The average Bonchev–Trinajstić information content (AvgIpc) is 3.15. The van der Waals surface area contributed by atoms with Gasteiger partial charge in [0.2, 0.25) is 5.91 Å². The first-order valence-corrected chi connectivity index (χ1v) is 7.85. The molecule has 2 N–H and O–H groups in total. The number of aryl methyl sites for hydroxylation is 1. The lowest BCUT2D eigenvalue weighted by Gasteiger charge is -2.09. The van der Waals surface area contributed by atoms with Crippen LogP contribution in [0.2, 0.25) is 0 Å². The number of carbonyl (C=O) groups is 2. The fourth-order valence-corrected chi connectivity index (χ4v) is 2.42. The van der Waals surface area contributed by atoms with E-state index in [0.29, 0.717) is 11.3 Å². The molecule has 0 fully saturated rings. The standard InChI is InChI=1S/C19H18N4O2/c1-14-4-2-3-5-17(14)19(25)21-12-18(24)22-15-6-8-16(9-7-15)23-11-10-20-13-23/h2-11,13H,12H2,1H3,(H,21,25)(H,22,24). The molecule has 3 aromatic rings. The second-order valence-corrected chi connectivity index (χ2v) is 5.56. The molecule has 1 heterocycles. The van der Waals surface area contributed by atoms with Crippen LogP contribution in [-0.2, 0) is 4.79 Å². The zero-order chi connectivity index (χ0) is 17.6. The summed E-state index contributed by atoms with van der Waals surface area (Å²) < 4.78 is 1.87. The summed E-state index contributed by atoms with van der Waals surface area (Å²) in [6.45, 7) is 1.77. The fourth-order valence-electron chi connectivity index (χ4n) is 2.42. The van der Waals surface area contributed by atoms with E-state index < -0.39 is 0 Å². The highest BCUT2D eigenvalue weighted by Gasteiger charge is 2.10. The number of nitrogens with zero attached hydrogens (tertiary/aromatic N) is 2. The summed E-state index contributed by atoms with van der Waals surface area (Å²) in [4.78, 5) is 28.1. The van der Waals surface area contributed by atoms with Crippen LogP contribution >= 0.6 is 0 Å². The van der Waals surface area contributed by atoms with Crippen molar-refractivity contribution in [2.24, 2.45) is 0 Å². The molecular weight excluding hydrogens is 316 g/mol. The van der Waals surface area contributed by atoms with Gasteiger partial charge in [0.1, 0.15) is 0 Å². The Morgan fingerprint density at radius 1 is 1.08 bits per heavy atom. The molecule has 0 spiro atoms. The predicted molar refractivity (Wildman–Crippen MR) is 95.7 cm³/mol. The monoisotopic (exact) mass is 334 g/mol. The van der Waals surface area contributed by atoms with Crippen molar-refractivity contribution in [2.45, 2.75) is 6.92 Å². The molecule has 0 saturated heterocycles. The van der Waals surface area contributed by atoms with Crippen LogP contribution in [0.15, 0.2) is 67.3 Å². The molecular formula is C19H18N4O2. The lowest BCUT2D eigenvalue weighted by Crippen LogP contribution is -2.33. The number of hydrogen-bond acceptors (Lipinski definition) is 3. The number of benzene rings is 2. The summed E-state index contributed by atoms with van der Waals surface area (Å²) in [5.74, 6) is -0.541. The van der Waals surface area contributed by atoms with Crippen LogP contribution in [-0.4, -0.2) is 27.9 Å². The Balaban J connectivity index is 1.54. The van der Waals surface area contributed by atoms with Crippen LogP contribution in [0.4, 0.5) is 5.69 Å². The van der Waals surface area contributed by atoms with Gasteiger partial charge in [0, 0.05) is 29.3 Å². The van der Waals surface area contributed by atoms with E-state index in [4.69, 9.17) is 0 Å². The number of carbonyl (C=O) groups excluding carboxylic acids is 2. The van der Waals surface area contributed by atoms with E-state index in [9.17, 15) is 9.59 Å². The van der Waals surface area contributed by atoms with Crippen molar-refractivity contribution in [3.05, 3.63) is 78.4 Å². The van der Waals surface area contributed by atoms with E-state index in [0.717, 1.165) is 11.3 Å². The van der Waals surface area contributed by atoms with E-state index in [-0.39, 0.29) is 18.4 Å². The first kappa shape index (κ1) is 16.4. The Labute approximate surface area is 145 Å². The Morgan fingerprint density at radius 3 is 2.52 bits per heavy atom. The maximum absolute atomic E-state index is 12.1. The number of rotatable bonds is 5. The van der Waals surface area contributed by atoms with E-state index in [1.54, 1.807) is 36.8 Å². The average molecular weight is 334 g/mol. The maximum Gasteiger partial charge on any atom is 0.251 e. The number of imidazole rings is 1. The number of anilines is 1. The molecule has 6 heteroatoms. The van der Waals surface area contributed by atoms with Gasteiger partial charge >= 0.3 is 0 Å². The molecule has 0 radical (unpaired) electrons. The molecule has 2 aromatic carbocycles. The van der Waals surface area contributed by atoms with Gasteiger partial charge in [-0.25, -0.2) is 4.98 Å². The van der Waals surface area contributed by atoms with Crippen molar-refractivity contribution >= 4 is 17.5 Å². The molecule has 0 atom stereocenters. The van der Waals surface area contributed by atoms with Crippen molar-refractivity contribution in [3.8, 4) is 5.69 Å². The normalized spacial score (nSPS) is 10.3. The van der Waals surface area contributed by atoms with E-state index >= 15 is 0 Å². The Morgan fingerprint density at radius 2 is 1.84 bits per heavy atom. The minimum Gasteiger partial charge on any atom is -0.343 e. The molecule has 6 nitrogen and oxygen atoms in total. The van der Waals surface area contributed by atoms with Crippen LogP contribution in [0.1, 0.15) is 15.9 Å². The van der Waals surface area contributed by atoms with Crippen molar-refractivity contribution in [1.29, 1.82) is 0 Å². The van der Waals surface area contributed by atoms with Gasteiger partial charge in [0.25, 0.3) is 5.91 Å². The van der Waals surface area contributed by atoms with E-state index in [1.165, 1.54) is 0 Å². The molecule has 2 amide bonds. The maximum atomic E-state index is 12.1. The third-order valence-corrected chi connectivity index (χ3v) is 3.75. The minimum atomic E-state index is -0.280. The highest BCUT2D eigenvalue weighted by Crippen LogP contribution is 2.13. The summed E-state index contributed by atoms with van der Waals surface area (Å²) in [5.41, 5.74) is 3.05. The smallest absolute Gasteiger partial charge is 0.251 e. The number of amides is 2. The topological polar surface area (TPSA) is 76.0 Å². The predicted octanol–water partition coefficient (Wildman–Crippen LogP) is 2.55. The van der Waals surface area contributed by atoms with Crippen LogP contribution in [0.5, 0.6) is 0 Å². The summed E-state index contributed by atoms with van der Waals surface area (Å²) in [6.07, 6.45) is 5.25. The van der Waals surface area contributed by atoms with Crippen LogP contribution in [0, 0.1) is 6.92 Å². The van der Waals surface area contributed by atoms with Crippen molar-refractivity contribution in [1.82, 2.24) is 14.9 Å². The third kappa shape index (κ3) is 4.11. The molecule has 0 aliphatic rings. The van der Waals surface area contributed by atoms with Gasteiger partial charge in [-0.2, -0.15) is 0 Å². The van der Waals surface area contributed by atoms with Crippen LogP contribution in [0.25, 0.3) is 5.69 Å². The Hall–Kier alpha value is -3.41. The minimum absolute atomic E-state index is 0.0869. The molecule has 25 heavy (non-hydrogen) atoms. The number of hydrogen-bond donors (Lipinski definition) is 2. The SMILES string of the molecule is Cc1ccccc1C(=O)NCC(=O)Nc1ccc(-n2ccnc2)cc1. The van der Waals surface area contributed by atoms with Gasteiger partial charge in [0.05, 0.1) is 12.9 Å². The molecule has 0 unspecified atom stereocenters. The quantitative estimate of drug-likeness (QED) is 0.753. The molecule has 3 rings (SSSR count). The van der Waals surface area contributed by atoms with Crippen molar-refractivity contribution < 1.29 is 9.59 Å². The van der Waals surface area contributed by atoms with E-state index in [2.05, 4.69) is 15.6 Å². The highest BCUT2D eigenvalue weighted by molar-refractivity contribution is 6.00. The molecule has 126 valence electrons. The van der Waals surface area contributed by atoms with Gasteiger partial charge in [-0.05, 0) is 42.8 Å². The van der Waals surface area contributed by atoms with Gasteiger partial charge in [-0.3, -0.25) is 9.59 Å². The summed E-state index contributed by atoms with van der Waals surface area (Å²) in [5, 5.41) is 5.39. The number of nitrogens with one attached hydrogen (secondary N) is 2. The van der Waals surface area contributed by atoms with Gasteiger partial charge < -0.3 is 15.2 Å². The van der Waals surface area contributed by atoms with E-state index in [1.807, 2.05) is 42.0 Å². The Kier molecular flexibility index (Phi) is 4.89. The molecule has 1 aromatic heterocycles. The highest BCUT2D eigenvalue weighted by atomic mass is 16.2. The van der Waals surface area contributed by atoms with Gasteiger partial charge in [-0.15, -0.1) is 0 Å². The lowest BCUT2D eigenvalue weighted by atomic mass is 10.1. The summed E-state index contributed by atoms with van der Waals surface area (Å²) >= 11 is 0. The zero-order valence-electron chi connectivity index (χ0n) is 13.8. The van der Waals surface area contributed by atoms with Crippen molar-refractivity contribution in [2.75, 3.05) is 11.9 Å². The Bertz CT molecular complexity index is 871. The third-order valence-electron chi connectivity index (χ3n) is 3.75. The first-order valence-electron chi connectivity index (χ1n) is 7.85. The van der Waals surface area contributed by atoms with Gasteiger partial charge in [0.15, 0.2) is 0 Å². The molecule has 0 saturated carbocycles. The summed E-state index contributed by atoms with van der Waals surface area (Å²) in [7, 11) is 0. The van der Waals surface area contributed by atoms with Crippen molar-refractivity contribution in [3.63, 3.8) is 0 Å². The lowest BCUT2D eigenvalue weighted by molar-refractivity contribution is -0.115. The molecule has 0 aliphatic heterocycles. The van der Waals surface area contributed by atoms with Gasteiger partial charge in [-0.1, -0.05) is 18.2 Å². The molecule has 0 bridgehead atoms. The largest absolute Gasteiger partial charge is 0.343 e. The zero-order valence-corrected chi connectivity index (χ0v) is 13.8. The number of aromatic nitrogens is 2. The second-order valence-electron chi connectivity index (χ2n) is 5.56. The molecule has 0 aliphatic carbocycles. The second kappa shape index (κ2) is 7.44. The summed E-state index contributed by atoms with van der Waals surface area (Å²) in [6, 6.07) is 14.6. The first-order chi connectivity index (χ1) is 12.1. The van der Waals surface area contributed by atoms with Crippen LogP contribution < -0.4 is 10.6 Å². The fraction of sp³-hybridized carbons (Fsp3) is 0.105. The van der Waals surface area contributed by atoms with Crippen LogP contribution in [0.3, 0.4) is 0 Å².